The van der Waals surface area contributed by atoms with Crippen molar-refractivity contribution < 1.29 is 18.0 Å². The Kier molecular flexibility index (Phi) is 11.9. The van der Waals surface area contributed by atoms with Crippen LogP contribution < -0.4 is 9.62 Å². The largest absolute Gasteiger partial charge is 0.352 e. The van der Waals surface area contributed by atoms with E-state index in [1.54, 1.807) is 37.3 Å². The zero-order chi connectivity index (χ0) is 32.0. The summed E-state index contributed by atoms with van der Waals surface area (Å²) in [7, 11) is -4.26. The molecule has 44 heavy (non-hydrogen) atoms. The van der Waals surface area contributed by atoms with Crippen LogP contribution in [0, 0.1) is 6.92 Å². The molecular formula is C32H35Cl4N3O4S. The molecule has 0 aromatic heterocycles. The van der Waals surface area contributed by atoms with Crippen molar-refractivity contribution in [3.05, 3.63) is 91.9 Å². The Hall–Kier alpha value is -2.49. The quantitative estimate of drug-likeness (QED) is 0.220. The second-order valence-electron chi connectivity index (χ2n) is 10.9. The second-order valence-corrected chi connectivity index (χ2v) is 14.4. The predicted octanol–water partition coefficient (Wildman–Crippen LogP) is 8.06. The van der Waals surface area contributed by atoms with Crippen molar-refractivity contribution in [3.8, 4) is 0 Å². The van der Waals surface area contributed by atoms with Gasteiger partial charge in [-0.2, -0.15) is 0 Å². The Morgan fingerprint density at radius 3 is 2.11 bits per heavy atom. The van der Waals surface area contributed by atoms with Crippen LogP contribution in [0.25, 0.3) is 0 Å². The van der Waals surface area contributed by atoms with Gasteiger partial charge in [-0.1, -0.05) is 96.4 Å². The number of amides is 2. The molecule has 12 heteroatoms. The fourth-order valence-electron chi connectivity index (χ4n) is 5.32. The lowest BCUT2D eigenvalue weighted by atomic mass is 9.95. The molecule has 2 amide bonds. The minimum absolute atomic E-state index is 0.00949. The summed E-state index contributed by atoms with van der Waals surface area (Å²) in [6.45, 7) is 2.92. The molecule has 3 aromatic carbocycles. The van der Waals surface area contributed by atoms with E-state index < -0.39 is 28.5 Å². The van der Waals surface area contributed by atoms with Crippen molar-refractivity contribution >= 4 is 73.9 Å². The van der Waals surface area contributed by atoms with E-state index in [0.29, 0.717) is 15.6 Å². The molecular weight excluding hydrogens is 664 g/mol. The van der Waals surface area contributed by atoms with Gasteiger partial charge in [0.25, 0.3) is 10.0 Å². The molecule has 1 fully saturated rings. The van der Waals surface area contributed by atoms with Crippen LogP contribution in [0.1, 0.15) is 56.6 Å². The number of nitrogens with zero attached hydrogens (tertiary/aromatic N) is 2. The van der Waals surface area contributed by atoms with Crippen LogP contribution in [0.3, 0.4) is 0 Å². The summed E-state index contributed by atoms with van der Waals surface area (Å²) in [4.78, 5) is 29.4. The predicted molar refractivity (Wildman–Crippen MR) is 178 cm³/mol. The molecule has 1 saturated carbocycles. The maximum atomic E-state index is 14.3. The molecule has 0 bridgehead atoms. The normalized spacial score (nSPS) is 14.6. The minimum atomic E-state index is -4.26. The number of carbonyl (C=O) groups is 2. The monoisotopic (exact) mass is 697 g/mol. The summed E-state index contributed by atoms with van der Waals surface area (Å²) in [5.74, 6) is -0.924. The van der Waals surface area contributed by atoms with Gasteiger partial charge in [-0.25, -0.2) is 8.42 Å². The van der Waals surface area contributed by atoms with Crippen LogP contribution in [-0.4, -0.2) is 43.8 Å². The first-order valence-electron chi connectivity index (χ1n) is 14.5. The summed E-state index contributed by atoms with van der Waals surface area (Å²) < 4.78 is 29.1. The van der Waals surface area contributed by atoms with Crippen molar-refractivity contribution in [3.63, 3.8) is 0 Å². The lowest BCUT2D eigenvalue weighted by molar-refractivity contribution is -0.140. The number of nitrogens with one attached hydrogen (secondary N) is 1. The van der Waals surface area contributed by atoms with E-state index in [9.17, 15) is 18.0 Å². The fraction of sp³-hybridized carbons (Fsp3) is 0.375. The van der Waals surface area contributed by atoms with Gasteiger partial charge in [0.2, 0.25) is 11.8 Å². The summed E-state index contributed by atoms with van der Waals surface area (Å²) in [6, 6.07) is 14.8. The standard InChI is InChI=1S/C32H35Cl4N3O4S/c1-3-30(32(41)37-22-8-5-4-6-9-22)38(19-25-26(33)10-7-11-27(25)34)31(40)20-39(23-14-17-28(35)29(36)18-23)44(42,43)24-15-12-21(2)13-16-24/h7,10-18,22,30H,3-6,8-9,19-20H2,1-2H3,(H,37,41)/t30-/m0/s1. The maximum Gasteiger partial charge on any atom is 0.264 e. The Bertz CT molecular complexity index is 1580. The first kappa shape index (κ1) is 34.4. The minimum Gasteiger partial charge on any atom is -0.352 e. The van der Waals surface area contributed by atoms with Gasteiger partial charge in [0.05, 0.1) is 20.6 Å². The van der Waals surface area contributed by atoms with Gasteiger partial charge in [0, 0.05) is 28.2 Å². The molecule has 0 aliphatic heterocycles. The molecule has 0 saturated heterocycles. The summed E-state index contributed by atoms with van der Waals surface area (Å²) in [6.07, 6.45) is 5.19. The summed E-state index contributed by atoms with van der Waals surface area (Å²) in [5.41, 5.74) is 1.47. The number of anilines is 1. The van der Waals surface area contributed by atoms with Crippen molar-refractivity contribution in [1.82, 2.24) is 10.2 Å². The molecule has 236 valence electrons. The number of sulfonamides is 1. The van der Waals surface area contributed by atoms with Gasteiger partial charge in [-0.3, -0.25) is 13.9 Å². The Morgan fingerprint density at radius 1 is 0.886 bits per heavy atom. The van der Waals surface area contributed by atoms with E-state index in [-0.39, 0.29) is 45.5 Å². The molecule has 7 nitrogen and oxygen atoms in total. The highest BCUT2D eigenvalue weighted by Gasteiger charge is 2.35. The number of benzene rings is 3. The average Bonchev–Trinajstić information content (AvgIpc) is 2.99. The van der Waals surface area contributed by atoms with Gasteiger partial charge in [-0.15, -0.1) is 0 Å². The van der Waals surface area contributed by atoms with Crippen LogP contribution in [-0.2, 0) is 26.2 Å². The third kappa shape index (κ3) is 8.20. The van der Waals surface area contributed by atoms with Crippen LogP contribution >= 0.6 is 46.4 Å². The molecule has 4 rings (SSSR count). The number of halogens is 4. The molecule has 1 aliphatic rings. The van der Waals surface area contributed by atoms with E-state index in [1.165, 1.54) is 35.2 Å². The molecule has 1 atom stereocenters. The number of rotatable bonds is 11. The first-order valence-corrected chi connectivity index (χ1v) is 17.4. The number of hydrogen-bond acceptors (Lipinski definition) is 4. The van der Waals surface area contributed by atoms with Crippen LogP contribution in [0.2, 0.25) is 20.1 Å². The Balaban J connectivity index is 1.76. The number of aryl methyl sites for hydroxylation is 1. The zero-order valence-corrected chi connectivity index (χ0v) is 28.4. The second kappa shape index (κ2) is 15.2. The Morgan fingerprint density at radius 2 is 1.52 bits per heavy atom. The molecule has 0 unspecified atom stereocenters. The van der Waals surface area contributed by atoms with Gasteiger partial charge in [-0.05, 0) is 68.7 Å². The van der Waals surface area contributed by atoms with E-state index in [2.05, 4.69) is 5.32 Å². The topological polar surface area (TPSA) is 86.8 Å². The highest BCUT2D eigenvalue weighted by Crippen LogP contribution is 2.32. The SMILES string of the molecule is CC[C@@H](C(=O)NC1CCCCC1)N(Cc1c(Cl)cccc1Cl)C(=O)CN(c1ccc(Cl)c(Cl)c1)S(=O)(=O)c1ccc(C)cc1. The van der Waals surface area contributed by atoms with Crippen molar-refractivity contribution in [2.24, 2.45) is 0 Å². The molecule has 0 radical (unpaired) electrons. The highest BCUT2D eigenvalue weighted by molar-refractivity contribution is 7.92. The maximum absolute atomic E-state index is 14.3. The van der Waals surface area contributed by atoms with Gasteiger partial charge in [0.1, 0.15) is 12.6 Å². The van der Waals surface area contributed by atoms with Crippen molar-refractivity contribution in [1.29, 1.82) is 0 Å². The van der Waals surface area contributed by atoms with E-state index >= 15 is 0 Å². The van der Waals surface area contributed by atoms with Crippen LogP contribution in [0.4, 0.5) is 5.69 Å². The van der Waals surface area contributed by atoms with Crippen LogP contribution in [0.15, 0.2) is 65.6 Å². The average molecular weight is 700 g/mol. The van der Waals surface area contributed by atoms with E-state index in [1.807, 2.05) is 6.92 Å². The van der Waals surface area contributed by atoms with Gasteiger partial charge >= 0.3 is 0 Å². The first-order chi connectivity index (χ1) is 20.9. The highest BCUT2D eigenvalue weighted by atomic mass is 35.5. The smallest absolute Gasteiger partial charge is 0.264 e. The third-order valence-corrected chi connectivity index (χ3v) is 11.0. The number of hydrogen-bond donors (Lipinski definition) is 1. The Labute approximate surface area is 279 Å². The molecule has 1 N–H and O–H groups in total. The lowest BCUT2D eigenvalue weighted by Crippen LogP contribution is -2.54. The summed E-state index contributed by atoms with van der Waals surface area (Å²) in [5, 5.41) is 4.12. The molecule has 3 aromatic rings. The van der Waals surface area contributed by atoms with E-state index in [4.69, 9.17) is 46.4 Å². The summed E-state index contributed by atoms with van der Waals surface area (Å²) >= 11 is 25.4. The van der Waals surface area contributed by atoms with E-state index in [0.717, 1.165) is 42.0 Å². The van der Waals surface area contributed by atoms with Crippen molar-refractivity contribution in [2.75, 3.05) is 10.8 Å². The fourth-order valence-corrected chi connectivity index (χ4v) is 7.54. The zero-order valence-electron chi connectivity index (χ0n) is 24.5. The molecule has 1 aliphatic carbocycles. The third-order valence-electron chi connectivity index (χ3n) is 7.81. The van der Waals surface area contributed by atoms with Crippen molar-refractivity contribution in [2.45, 2.75) is 75.9 Å². The van der Waals surface area contributed by atoms with Gasteiger partial charge < -0.3 is 10.2 Å². The van der Waals surface area contributed by atoms with Gasteiger partial charge in [0.15, 0.2) is 0 Å². The molecule has 0 spiro atoms. The van der Waals surface area contributed by atoms with Crippen LogP contribution in [0.5, 0.6) is 0 Å². The number of carbonyl (C=O) groups excluding carboxylic acids is 2. The molecule has 0 heterocycles. The lowest BCUT2D eigenvalue weighted by Gasteiger charge is -2.35.